The van der Waals surface area contributed by atoms with Crippen LogP contribution in [0.25, 0.3) is 31.3 Å². The highest BCUT2D eigenvalue weighted by molar-refractivity contribution is 9.10. The first-order valence-electron chi connectivity index (χ1n) is 7.92. The predicted octanol–water partition coefficient (Wildman–Crippen LogP) is 7.89. The van der Waals surface area contributed by atoms with Crippen LogP contribution in [0.4, 0.5) is 0 Å². The Hall–Kier alpha value is -1.16. The molecule has 0 nitrogen and oxygen atoms in total. The van der Waals surface area contributed by atoms with Crippen LogP contribution in [0, 0.1) is 0 Å². The van der Waals surface area contributed by atoms with Gasteiger partial charge in [0.15, 0.2) is 0 Å². The van der Waals surface area contributed by atoms with Gasteiger partial charge in [-0.1, -0.05) is 63.9 Å². The molecule has 5 rings (SSSR count). The van der Waals surface area contributed by atoms with E-state index < -0.39 is 0 Å². The average Bonchev–Trinajstić information content (AvgIpc) is 3.01. The van der Waals surface area contributed by atoms with Gasteiger partial charge < -0.3 is 0 Å². The van der Waals surface area contributed by atoms with Crippen molar-refractivity contribution < 1.29 is 0 Å². The average molecular weight is 458 g/mol. The molecule has 0 atom stereocenters. The highest BCUT2D eigenvalue weighted by Gasteiger charge is 2.37. The minimum absolute atomic E-state index is 0.0199. The molecule has 1 heterocycles. The van der Waals surface area contributed by atoms with Crippen molar-refractivity contribution in [2.24, 2.45) is 0 Å². The molecule has 0 saturated heterocycles. The summed E-state index contributed by atoms with van der Waals surface area (Å²) in [7, 11) is 0. The number of hydrogen-bond acceptors (Lipinski definition) is 1. The topological polar surface area (TPSA) is 0 Å². The van der Waals surface area contributed by atoms with E-state index in [0.717, 1.165) is 8.95 Å². The largest absolute Gasteiger partial charge is 0.135 e. The zero-order valence-corrected chi connectivity index (χ0v) is 17.3. The molecule has 1 aromatic heterocycles. The summed E-state index contributed by atoms with van der Waals surface area (Å²) in [6.07, 6.45) is 0. The van der Waals surface area contributed by atoms with Gasteiger partial charge in [-0.3, -0.25) is 0 Å². The summed E-state index contributed by atoms with van der Waals surface area (Å²) in [5.74, 6) is 0. The normalized spacial score (nSPS) is 15.0. The van der Waals surface area contributed by atoms with Gasteiger partial charge in [0.2, 0.25) is 0 Å². The van der Waals surface area contributed by atoms with E-state index in [-0.39, 0.29) is 5.41 Å². The molecular weight excluding hydrogens is 444 g/mol. The first-order valence-corrected chi connectivity index (χ1v) is 10.3. The Morgan fingerprint density at radius 1 is 0.792 bits per heavy atom. The molecule has 4 aromatic rings. The summed E-state index contributed by atoms with van der Waals surface area (Å²) in [5, 5.41) is 2.72. The third-order valence-corrected chi connectivity index (χ3v) is 7.36. The van der Waals surface area contributed by atoms with Gasteiger partial charge in [0, 0.05) is 34.5 Å². The van der Waals surface area contributed by atoms with Crippen molar-refractivity contribution in [3.8, 4) is 11.1 Å². The van der Waals surface area contributed by atoms with E-state index in [1.54, 1.807) is 0 Å². The number of thiophene rings is 1. The van der Waals surface area contributed by atoms with E-state index in [0.29, 0.717) is 0 Å². The van der Waals surface area contributed by atoms with Gasteiger partial charge in [0.1, 0.15) is 0 Å². The fourth-order valence-electron chi connectivity index (χ4n) is 4.06. The molecule has 3 aromatic carbocycles. The minimum Gasteiger partial charge on any atom is -0.135 e. The van der Waals surface area contributed by atoms with Gasteiger partial charge in [-0.05, 0) is 52.6 Å². The molecule has 1 aliphatic rings. The molecule has 0 radical (unpaired) electrons. The summed E-state index contributed by atoms with van der Waals surface area (Å²) < 4.78 is 5.08. The van der Waals surface area contributed by atoms with Gasteiger partial charge in [-0.15, -0.1) is 11.3 Å². The molecule has 0 unspecified atom stereocenters. The van der Waals surface area contributed by atoms with Crippen LogP contribution in [-0.4, -0.2) is 0 Å². The van der Waals surface area contributed by atoms with Gasteiger partial charge in [0.05, 0.1) is 0 Å². The maximum atomic E-state index is 3.64. The molecule has 3 heteroatoms. The first-order chi connectivity index (χ1) is 11.5. The Morgan fingerprint density at radius 3 is 2.33 bits per heavy atom. The van der Waals surface area contributed by atoms with Crippen LogP contribution in [0.15, 0.2) is 57.5 Å². The van der Waals surface area contributed by atoms with Gasteiger partial charge >= 0.3 is 0 Å². The van der Waals surface area contributed by atoms with Crippen LogP contribution in [0.1, 0.15) is 25.0 Å². The van der Waals surface area contributed by atoms with E-state index in [4.69, 9.17) is 0 Å². The molecule has 0 spiro atoms. The lowest BCUT2D eigenvalue weighted by molar-refractivity contribution is 0.667. The van der Waals surface area contributed by atoms with Crippen molar-refractivity contribution >= 4 is 63.4 Å². The van der Waals surface area contributed by atoms with Crippen LogP contribution in [-0.2, 0) is 5.41 Å². The van der Waals surface area contributed by atoms with E-state index in [2.05, 4.69) is 94.2 Å². The molecule has 0 saturated carbocycles. The van der Waals surface area contributed by atoms with Crippen LogP contribution < -0.4 is 0 Å². The van der Waals surface area contributed by atoms with Crippen molar-refractivity contribution in [3.63, 3.8) is 0 Å². The Kier molecular flexibility index (Phi) is 3.11. The lowest BCUT2D eigenvalue weighted by Gasteiger charge is -2.22. The van der Waals surface area contributed by atoms with Gasteiger partial charge in [-0.25, -0.2) is 0 Å². The van der Waals surface area contributed by atoms with Crippen molar-refractivity contribution in [3.05, 3.63) is 68.6 Å². The predicted molar refractivity (Wildman–Crippen MR) is 112 cm³/mol. The summed E-state index contributed by atoms with van der Waals surface area (Å²) in [5.41, 5.74) is 5.68. The zero-order chi connectivity index (χ0) is 16.6. The minimum atomic E-state index is 0.0199. The van der Waals surface area contributed by atoms with E-state index >= 15 is 0 Å². The van der Waals surface area contributed by atoms with E-state index in [9.17, 15) is 0 Å². The van der Waals surface area contributed by atoms with Gasteiger partial charge in [0.25, 0.3) is 0 Å². The van der Waals surface area contributed by atoms with Gasteiger partial charge in [-0.2, -0.15) is 0 Å². The number of benzene rings is 3. The number of rotatable bonds is 0. The highest BCUT2D eigenvalue weighted by Crippen LogP contribution is 2.54. The monoisotopic (exact) mass is 456 g/mol. The second-order valence-electron chi connectivity index (χ2n) is 6.92. The van der Waals surface area contributed by atoms with Crippen molar-refractivity contribution in [2.45, 2.75) is 19.3 Å². The lowest BCUT2D eigenvalue weighted by atomic mass is 9.82. The Bertz CT molecular complexity index is 1150. The maximum Gasteiger partial charge on any atom is 0.0402 e. The molecule has 0 N–H and O–H groups in total. The van der Waals surface area contributed by atoms with Crippen molar-refractivity contribution in [2.75, 3.05) is 0 Å². The fourth-order valence-corrected chi connectivity index (χ4v) is 6.17. The molecule has 1 aliphatic carbocycles. The zero-order valence-electron chi connectivity index (χ0n) is 13.3. The van der Waals surface area contributed by atoms with E-state index in [1.807, 2.05) is 11.3 Å². The number of hydrogen-bond donors (Lipinski definition) is 0. The number of fused-ring (bicyclic) bond motifs is 7. The Labute approximate surface area is 161 Å². The SMILES string of the molecule is CC1(C)c2cc(Br)ccc2-c2ccc3c(sc4ccc(Br)cc43)c21. The molecule has 118 valence electrons. The second kappa shape index (κ2) is 4.94. The summed E-state index contributed by atoms with van der Waals surface area (Å²) >= 11 is 9.18. The van der Waals surface area contributed by atoms with Crippen LogP contribution in [0.2, 0.25) is 0 Å². The standard InChI is InChI=1S/C21H14Br2S/c1-21(2)17-10-12(23)3-5-13(17)14-6-7-15-16-9-11(22)4-8-18(16)24-20(15)19(14)21/h3-10H,1-2H3. The maximum absolute atomic E-state index is 3.64. The summed E-state index contributed by atoms with van der Waals surface area (Å²) in [6.45, 7) is 4.70. The molecular formula is C21H14Br2S. The third-order valence-electron chi connectivity index (χ3n) is 5.17. The van der Waals surface area contributed by atoms with Crippen molar-refractivity contribution in [1.82, 2.24) is 0 Å². The molecule has 0 amide bonds. The third kappa shape index (κ3) is 1.89. The molecule has 24 heavy (non-hydrogen) atoms. The Balaban J connectivity index is 1.95. The lowest BCUT2D eigenvalue weighted by Crippen LogP contribution is -2.15. The molecule has 0 aliphatic heterocycles. The molecule has 0 bridgehead atoms. The highest BCUT2D eigenvalue weighted by atomic mass is 79.9. The fraction of sp³-hybridized carbons (Fsp3) is 0.143. The number of halogens is 2. The quantitative estimate of drug-likeness (QED) is 0.252. The van der Waals surface area contributed by atoms with Crippen LogP contribution in [0.3, 0.4) is 0 Å². The van der Waals surface area contributed by atoms with Crippen LogP contribution >= 0.6 is 43.2 Å². The first kappa shape index (κ1) is 15.1. The smallest absolute Gasteiger partial charge is 0.0402 e. The van der Waals surface area contributed by atoms with Crippen LogP contribution in [0.5, 0.6) is 0 Å². The summed E-state index contributed by atoms with van der Waals surface area (Å²) in [4.78, 5) is 0. The molecule has 0 fully saturated rings. The van der Waals surface area contributed by atoms with Crippen molar-refractivity contribution in [1.29, 1.82) is 0 Å². The second-order valence-corrected chi connectivity index (χ2v) is 9.81. The Morgan fingerprint density at radius 2 is 1.50 bits per heavy atom. The van der Waals surface area contributed by atoms with E-state index in [1.165, 1.54) is 42.4 Å². The summed E-state index contributed by atoms with van der Waals surface area (Å²) in [6, 6.07) is 17.9.